The minimum Gasteiger partial charge on any atom is -0.375 e. The third kappa shape index (κ3) is 2.75. The van der Waals surface area contributed by atoms with Gasteiger partial charge in [0.15, 0.2) is 0 Å². The van der Waals surface area contributed by atoms with Crippen molar-refractivity contribution in [2.24, 2.45) is 5.92 Å². The summed E-state index contributed by atoms with van der Waals surface area (Å²) in [6.45, 7) is 3.39. The fourth-order valence-corrected chi connectivity index (χ4v) is 4.50. The first-order valence-electron chi connectivity index (χ1n) is 8.17. The first-order chi connectivity index (χ1) is 8.77. The maximum Gasteiger partial charge on any atom is 0.0697 e. The molecule has 0 bridgehead atoms. The maximum atomic E-state index is 6.12. The number of hydrogen-bond acceptors (Lipinski definition) is 2. The molecular formula is C16H29NO. The zero-order valence-corrected chi connectivity index (χ0v) is 11.9. The van der Waals surface area contributed by atoms with Gasteiger partial charge in [-0.05, 0) is 51.4 Å². The standard InChI is InChI=1S/C16H29NO/c1-13(14-6-2-3-7-14)17-15-8-11-18-16(12-15)9-4-5-10-16/h13-15,17H,2-12H2,1H3/t13-,15?/m1/s1. The van der Waals surface area contributed by atoms with E-state index in [1.165, 1.54) is 64.2 Å². The van der Waals surface area contributed by atoms with Crippen molar-refractivity contribution in [3.05, 3.63) is 0 Å². The predicted octanol–water partition coefficient (Wildman–Crippen LogP) is 3.65. The highest BCUT2D eigenvalue weighted by molar-refractivity contribution is 4.94. The second-order valence-corrected chi connectivity index (χ2v) is 6.93. The molecule has 2 heteroatoms. The van der Waals surface area contributed by atoms with E-state index in [1.807, 2.05) is 0 Å². The summed E-state index contributed by atoms with van der Waals surface area (Å²) in [7, 11) is 0. The van der Waals surface area contributed by atoms with Crippen LogP contribution in [0, 0.1) is 5.92 Å². The van der Waals surface area contributed by atoms with Gasteiger partial charge in [0.25, 0.3) is 0 Å². The van der Waals surface area contributed by atoms with Crippen molar-refractivity contribution in [1.29, 1.82) is 0 Å². The molecule has 1 unspecified atom stereocenters. The van der Waals surface area contributed by atoms with Gasteiger partial charge < -0.3 is 10.1 Å². The Morgan fingerprint density at radius 2 is 1.78 bits per heavy atom. The highest BCUT2D eigenvalue weighted by Crippen LogP contribution is 2.40. The Labute approximate surface area is 112 Å². The fourth-order valence-electron chi connectivity index (χ4n) is 4.50. The van der Waals surface area contributed by atoms with Gasteiger partial charge in [0.1, 0.15) is 0 Å². The lowest BCUT2D eigenvalue weighted by atomic mass is 9.87. The van der Waals surface area contributed by atoms with Gasteiger partial charge in [-0.1, -0.05) is 25.7 Å². The van der Waals surface area contributed by atoms with Crippen LogP contribution in [0.25, 0.3) is 0 Å². The molecule has 2 aliphatic carbocycles. The van der Waals surface area contributed by atoms with Gasteiger partial charge in [0.05, 0.1) is 5.60 Å². The van der Waals surface area contributed by atoms with Gasteiger partial charge in [-0.25, -0.2) is 0 Å². The molecule has 0 aromatic heterocycles. The first kappa shape index (κ1) is 12.9. The summed E-state index contributed by atoms with van der Waals surface area (Å²) in [5.41, 5.74) is 0.269. The van der Waals surface area contributed by atoms with Crippen LogP contribution in [0.5, 0.6) is 0 Å². The zero-order valence-electron chi connectivity index (χ0n) is 11.9. The van der Waals surface area contributed by atoms with E-state index in [9.17, 15) is 0 Å². The van der Waals surface area contributed by atoms with Crippen LogP contribution in [0.4, 0.5) is 0 Å². The minimum absolute atomic E-state index is 0.269. The summed E-state index contributed by atoms with van der Waals surface area (Å²) in [4.78, 5) is 0. The molecule has 2 atom stereocenters. The molecule has 1 saturated heterocycles. The van der Waals surface area contributed by atoms with Gasteiger partial charge in [-0.2, -0.15) is 0 Å². The van der Waals surface area contributed by atoms with Gasteiger partial charge in [-0.15, -0.1) is 0 Å². The highest BCUT2D eigenvalue weighted by Gasteiger charge is 2.40. The third-order valence-electron chi connectivity index (χ3n) is 5.61. The molecule has 1 spiro atoms. The van der Waals surface area contributed by atoms with E-state index in [0.29, 0.717) is 12.1 Å². The van der Waals surface area contributed by atoms with Crippen molar-refractivity contribution in [3.63, 3.8) is 0 Å². The van der Waals surface area contributed by atoms with Crippen LogP contribution in [0.2, 0.25) is 0 Å². The number of nitrogens with one attached hydrogen (secondary N) is 1. The molecule has 104 valence electrons. The predicted molar refractivity (Wildman–Crippen MR) is 74.7 cm³/mol. The van der Waals surface area contributed by atoms with Crippen molar-refractivity contribution < 1.29 is 4.74 Å². The van der Waals surface area contributed by atoms with Crippen LogP contribution in [0.15, 0.2) is 0 Å². The maximum absolute atomic E-state index is 6.12. The minimum atomic E-state index is 0.269. The number of hydrogen-bond donors (Lipinski definition) is 1. The van der Waals surface area contributed by atoms with Crippen LogP contribution in [0.1, 0.15) is 71.1 Å². The van der Waals surface area contributed by atoms with Crippen LogP contribution in [-0.2, 0) is 4.74 Å². The lowest BCUT2D eigenvalue weighted by molar-refractivity contribution is -0.0851. The molecule has 1 aliphatic heterocycles. The summed E-state index contributed by atoms with van der Waals surface area (Å²) in [6.07, 6.45) is 13.7. The summed E-state index contributed by atoms with van der Waals surface area (Å²) in [5, 5.41) is 3.93. The molecule has 1 N–H and O–H groups in total. The van der Waals surface area contributed by atoms with Crippen LogP contribution in [-0.4, -0.2) is 24.3 Å². The number of ether oxygens (including phenoxy) is 1. The average Bonchev–Trinajstić information content (AvgIpc) is 3.01. The van der Waals surface area contributed by atoms with E-state index in [0.717, 1.165) is 12.5 Å². The average molecular weight is 251 g/mol. The highest BCUT2D eigenvalue weighted by atomic mass is 16.5. The van der Waals surface area contributed by atoms with E-state index in [-0.39, 0.29) is 5.60 Å². The third-order valence-corrected chi connectivity index (χ3v) is 5.61. The van der Waals surface area contributed by atoms with Crippen molar-refractivity contribution in [2.45, 2.75) is 88.8 Å². The molecule has 0 aromatic rings. The molecule has 2 saturated carbocycles. The van der Waals surface area contributed by atoms with Crippen molar-refractivity contribution in [3.8, 4) is 0 Å². The van der Waals surface area contributed by atoms with E-state index in [4.69, 9.17) is 4.74 Å². The van der Waals surface area contributed by atoms with Crippen molar-refractivity contribution >= 4 is 0 Å². The summed E-state index contributed by atoms with van der Waals surface area (Å²) in [6, 6.07) is 1.43. The largest absolute Gasteiger partial charge is 0.375 e. The van der Waals surface area contributed by atoms with Crippen LogP contribution >= 0.6 is 0 Å². The second kappa shape index (κ2) is 5.50. The van der Waals surface area contributed by atoms with E-state index in [1.54, 1.807) is 0 Å². The fraction of sp³-hybridized carbons (Fsp3) is 1.00. The lowest BCUT2D eigenvalue weighted by Crippen LogP contribution is -2.49. The van der Waals surface area contributed by atoms with Gasteiger partial charge in [0, 0.05) is 18.7 Å². The molecule has 0 aromatic carbocycles. The Bertz CT molecular complexity index is 266. The monoisotopic (exact) mass is 251 g/mol. The Morgan fingerprint density at radius 1 is 1.06 bits per heavy atom. The molecule has 3 rings (SSSR count). The Hall–Kier alpha value is -0.0800. The quantitative estimate of drug-likeness (QED) is 0.826. The zero-order chi connectivity index (χ0) is 12.4. The number of rotatable bonds is 3. The molecule has 1 heterocycles. The molecule has 2 nitrogen and oxygen atoms in total. The topological polar surface area (TPSA) is 21.3 Å². The molecule has 0 radical (unpaired) electrons. The Balaban J connectivity index is 1.52. The lowest BCUT2D eigenvalue weighted by Gasteiger charge is -2.40. The molecule has 0 amide bonds. The summed E-state index contributed by atoms with van der Waals surface area (Å²) >= 11 is 0. The normalized spacial score (nSPS) is 34.2. The van der Waals surface area contributed by atoms with Crippen LogP contribution < -0.4 is 5.32 Å². The van der Waals surface area contributed by atoms with E-state index < -0.39 is 0 Å². The van der Waals surface area contributed by atoms with Crippen LogP contribution in [0.3, 0.4) is 0 Å². The first-order valence-corrected chi connectivity index (χ1v) is 8.17. The van der Waals surface area contributed by atoms with Crippen molar-refractivity contribution in [1.82, 2.24) is 5.32 Å². The Morgan fingerprint density at radius 3 is 2.50 bits per heavy atom. The van der Waals surface area contributed by atoms with E-state index >= 15 is 0 Å². The SMILES string of the molecule is C[C@@H](NC1CCOC2(CCCC2)C1)C1CCCC1. The smallest absolute Gasteiger partial charge is 0.0697 e. The van der Waals surface area contributed by atoms with E-state index in [2.05, 4.69) is 12.2 Å². The van der Waals surface area contributed by atoms with Gasteiger partial charge >= 0.3 is 0 Å². The summed E-state index contributed by atoms with van der Waals surface area (Å²) < 4.78 is 6.12. The van der Waals surface area contributed by atoms with Crippen molar-refractivity contribution in [2.75, 3.05) is 6.61 Å². The Kier molecular flexibility index (Phi) is 3.95. The van der Waals surface area contributed by atoms with Gasteiger partial charge in [0.2, 0.25) is 0 Å². The molecular weight excluding hydrogens is 222 g/mol. The summed E-state index contributed by atoms with van der Waals surface area (Å²) in [5.74, 6) is 0.937. The molecule has 18 heavy (non-hydrogen) atoms. The second-order valence-electron chi connectivity index (χ2n) is 6.93. The molecule has 3 fully saturated rings. The molecule has 3 aliphatic rings. The van der Waals surface area contributed by atoms with Gasteiger partial charge in [-0.3, -0.25) is 0 Å².